The molecule has 0 atom stereocenters. The maximum Gasteiger partial charge on any atom is 0.228 e. The Morgan fingerprint density at radius 1 is 1.25 bits per heavy atom. The predicted molar refractivity (Wildman–Crippen MR) is 57.8 cm³/mol. The number of ether oxygens (including phenoxy) is 1. The van der Waals surface area contributed by atoms with Crippen molar-refractivity contribution in [3.63, 3.8) is 0 Å². The first-order valence-corrected chi connectivity index (χ1v) is 5.18. The first kappa shape index (κ1) is 9.21. The van der Waals surface area contributed by atoms with Gasteiger partial charge in [-0.1, -0.05) is 0 Å². The fraction of sp³-hybridized carbons (Fsp3) is 0.154. The highest BCUT2D eigenvalue weighted by atomic mass is 16.5. The molecule has 0 saturated carbocycles. The van der Waals surface area contributed by atoms with Gasteiger partial charge in [0.05, 0.1) is 12.9 Å². The first-order chi connectivity index (χ1) is 7.84. The van der Waals surface area contributed by atoms with Gasteiger partial charge in [0.15, 0.2) is 5.76 Å². The Labute approximate surface area is 92.6 Å². The van der Waals surface area contributed by atoms with Crippen molar-refractivity contribution in [1.29, 1.82) is 0 Å². The van der Waals surface area contributed by atoms with Crippen molar-refractivity contribution >= 4 is 5.78 Å². The maximum absolute atomic E-state index is 12.0. The molecule has 16 heavy (non-hydrogen) atoms. The summed E-state index contributed by atoms with van der Waals surface area (Å²) in [6, 6.07) is 8.89. The Bertz CT molecular complexity index is 526. The molecule has 0 fully saturated rings. The summed E-state index contributed by atoms with van der Waals surface area (Å²) in [6.45, 7) is 0.702. The van der Waals surface area contributed by atoms with Crippen LogP contribution >= 0.6 is 0 Å². The van der Waals surface area contributed by atoms with Gasteiger partial charge in [-0.15, -0.1) is 0 Å². The highest BCUT2D eigenvalue weighted by Gasteiger charge is 2.17. The molecule has 0 spiro atoms. The van der Waals surface area contributed by atoms with Crippen LogP contribution in [0.1, 0.15) is 21.7 Å². The largest absolute Gasteiger partial charge is 0.493 e. The van der Waals surface area contributed by atoms with Gasteiger partial charge in [0.25, 0.3) is 0 Å². The molecule has 0 bridgehead atoms. The number of hydrogen-bond donors (Lipinski definition) is 0. The minimum atomic E-state index is -0.0836. The Balaban J connectivity index is 1.99. The predicted octanol–water partition coefficient (Wildman–Crippen LogP) is 2.45. The van der Waals surface area contributed by atoms with Crippen LogP contribution in [-0.2, 0) is 6.42 Å². The topological polar surface area (TPSA) is 39.4 Å². The van der Waals surface area contributed by atoms with Crippen LogP contribution in [0.3, 0.4) is 0 Å². The lowest BCUT2D eigenvalue weighted by atomic mass is 10.0. The van der Waals surface area contributed by atoms with E-state index < -0.39 is 0 Å². The molecule has 80 valence electrons. The van der Waals surface area contributed by atoms with Crippen molar-refractivity contribution in [3.05, 3.63) is 53.5 Å². The van der Waals surface area contributed by atoms with Gasteiger partial charge in [-0.25, -0.2) is 0 Å². The van der Waals surface area contributed by atoms with Crippen molar-refractivity contribution in [2.24, 2.45) is 0 Å². The van der Waals surface area contributed by atoms with Gasteiger partial charge in [-0.05, 0) is 35.9 Å². The molecule has 3 rings (SSSR count). The molecule has 3 heteroatoms. The molecular weight excluding hydrogens is 204 g/mol. The second kappa shape index (κ2) is 3.52. The monoisotopic (exact) mass is 214 g/mol. The summed E-state index contributed by atoms with van der Waals surface area (Å²) in [6.07, 6.45) is 2.37. The van der Waals surface area contributed by atoms with Gasteiger partial charge in [0, 0.05) is 12.0 Å². The summed E-state index contributed by atoms with van der Waals surface area (Å²) < 4.78 is 10.5. The minimum absolute atomic E-state index is 0.0836. The van der Waals surface area contributed by atoms with Gasteiger partial charge in [-0.3, -0.25) is 4.79 Å². The number of ketones is 1. The lowest BCUT2D eigenvalue weighted by Crippen LogP contribution is -1.99. The molecule has 1 aliphatic rings. The minimum Gasteiger partial charge on any atom is -0.493 e. The van der Waals surface area contributed by atoms with Crippen LogP contribution in [0.15, 0.2) is 41.0 Å². The zero-order valence-electron chi connectivity index (χ0n) is 8.60. The zero-order valence-corrected chi connectivity index (χ0v) is 8.60. The van der Waals surface area contributed by atoms with Gasteiger partial charge >= 0.3 is 0 Å². The van der Waals surface area contributed by atoms with Crippen molar-refractivity contribution in [2.45, 2.75) is 6.42 Å². The van der Waals surface area contributed by atoms with E-state index >= 15 is 0 Å². The van der Waals surface area contributed by atoms with E-state index in [1.807, 2.05) is 12.1 Å². The van der Waals surface area contributed by atoms with E-state index in [1.165, 1.54) is 6.26 Å². The molecule has 0 saturated heterocycles. The van der Waals surface area contributed by atoms with E-state index in [4.69, 9.17) is 9.15 Å². The molecule has 0 radical (unpaired) electrons. The van der Waals surface area contributed by atoms with Crippen LogP contribution in [0.25, 0.3) is 0 Å². The van der Waals surface area contributed by atoms with E-state index in [0.29, 0.717) is 17.9 Å². The molecule has 0 amide bonds. The molecule has 1 aromatic heterocycles. The number of rotatable bonds is 2. The maximum atomic E-state index is 12.0. The van der Waals surface area contributed by atoms with E-state index in [0.717, 1.165) is 17.7 Å². The number of furan rings is 1. The Morgan fingerprint density at radius 2 is 2.19 bits per heavy atom. The SMILES string of the molecule is O=C(c1ccc2c(c1)CCO2)c1ccco1. The highest BCUT2D eigenvalue weighted by Crippen LogP contribution is 2.26. The summed E-state index contributed by atoms with van der Waals surface area (Å²) in [5, 5.41) is 0. The Hall–Kier alpha value is -2.03. The molecule has 1 aliphatic heterocycles. The smallest absolute Gasteiger partial charge is 0.228 e. The molecule has 2 aromatic rings. The fourth-order valence-corrected chi connectivity index (χ4v) is 1.88. The molecule has 3 nitrogen and oxygen atoms in total. The lowest BCUT2D eigenvalue weighted by Gasteiger charge is -2.01. The van der Waals surface area contributed by atoms with Crippen LogP contribution < -0.4 is 4.74 Å². The second-order valence-electron chi connectivity index (χ2n) is 3.73. The summed E-state index contributed by atoms with van der Waals surface area (Å²) in [5.41, 5.74) is 1.75. The number of hydrogen-bond acceptors (Lipinski definition) is 3. The van der Waals surface area contributed by atoms with Crippen LogP contribution in [0.4, 0.5) is 0 Å². The standard InChI is InChI=1S/C13H10O3/c14-13(12-2-1-6-15-12)10-3-4-11-9(8-10)5-7-16-11/h1-4,6,8H,5,7H2. The summed E-state index contributed by atoms with van der Waals surface area (Å²) >= 11 is 0. The second-order valence-corrected chi connectivity index (χ2v) is 3.73. The van der Waals surface area contributed by atoms with E-state index in [2.05, 4.69) is 0 Å². The fourth-order valence-electron chi connectivity index (χ4n) is 1.88. The average molecular weight is 214 g/mol. The zero-order chi connectivity index (χ0) is 11.0. The molecular formula is C13H10O3. The summed E-state index contributed by atoms with van der Waals surface area (Å²) in [7, 11) is 0. The van der Waals surface area contributed by atoms with Crippen LogP contribution in [0.5, 0.6) is 5.75 Å². The van der Waals surface area contributed by atoms with Gasteiger partial charge in [-0.2, -0.15) is 0 Å². The van der Waals surface area contributed by atoms with E-state index in [-0.39, 0.29) is 5.78 Å². The number of fused-ring (bicyclic) bond motifs is 1. The van der Waals surface area contributed by atoms with Gasteiger partial charge in [0.1, 0.15) is 5.75 Å². The molecule has 0 aliphatic carbocycles. The van der Waals surface area contributed by atoms with Crippen molar-refractivity contribution in [1.82, 2.24) is 0 Å². The van der Waals surface area contributed by atoms with E-state index in [1.54, 1.807) is 18.2 Å². The number of carbonyl (C=O) groups excluding carboxylic acids is 1. The van der Waals surface area contributed by atoms with Crippen molar-refractivity contribution in [2.75, 3.05) is 6.61 Å². The third kappa shape index (κ3) is 1.41. The average Bonchev–Trinajstić information content (AvgIpc) is 2.98. The summed E-state index contributed by atoms with van der Waals surface area (Å²) in [5.74, 6) is 1.18. The Kier molecular flexibility index (Phi) is 2.03. The molecule has 0 unspecified atom stereocenters. The normalized spacial score (nSPS) is 13.2. The Morgan fingerprint density at radius 3 is 3.00 bits per heavy atom. The lowest BCUT2D eigenvalue weighted by molar-refractivity contribution is 0.101. The van der Waals surface area contributed by atoms with Gasteiger partial charge < -0.3 is 9.15 Å². The first-order valence-electron chi connectivity index (χ1n) is 5.18. The highest BCUT2D eigenvalue weighted by molar-refractivity contribution is 6.07. The molecule has 1 aromatic carbocycles. The quantitative estimate of drug-likeness (QED) is 0.721. The van der Waals surface area contributed by atoms with Crippen molar-refractivity contribution in [3.8, 4) is 5.75 Å². The van der Waals surface area contributed by atoms with Crippen LogP contribution in [0.2, 0.25) is 0 Å². The van der Waals surface area contributed by atoms with E-state index in [9.17, 15) is 4.79 Å². The van der Waals surface area contributed by atoms with Crippen LogP contribution in [0, 0.1) is 0 Å². The van der Waals surface area contributed by atoms with Crippen LogP contribution in [-0.4, -0.2) is 12.4 Å². The third-order valence-electron chi connectivity index (χ3n) is 2.70. The summed E-state index contributed by atoms with van der Waals surface area (Å²) in [4.78, 5) is 12.0. The molecule has 0 N–H and O–H groups in total. The molecule has 2 heterocycles. The number of benzene rings is 1. The van der Waals surface area contributed by atoms with Crippen molar-refractivity contribution < 1.29 is 13.9 Å². The third-order valence-corrected chi connectivity index (χ3v) is 2.70. The van der Waals surface area contributed by atoms with Gasteiger partial charge in [0.2, 0.25) is 5.78 Å². The number of carbonyl (C=O) groups is 1.